The lowest BCUT2D eigenvalue weighted by Crippen LogP contribution is -2.38. The monoisotopic (exact) mass is 294 g/mol. The van der Waals surface area contributed by atoms with Crippen molar-refractivity contribution in [1.82, 2.24) is 14.9 Å². The van der Waals surface area contributed by atoms with E-state index in [0.29, 0.717) is 30.4 Å². The van der Waals surface area contributed by atoms with E-state index in [1.807, 2.05) is 27.7 Å². The Kier molecular flexibility index (Phi) is 6.55. The SMILES string of the molecule is CCNc1cnc(C(C)C)nc1C(=O)N(C)C(C)COC. The molecule has 0 spiro atoms. The maximum Gasteiger partial charge on any atom is 0.274 e. The smallest absolute Gasteiger partial charge is 0.274 e. The number of carbonyl (C=O) groups excluding carboxylic acids is 1. The van der Waals surface area contributed by atoms with Crippen molar-refractivity contribution in [2.45, 2.75) is 39.7 Å². The third kappa shape index (κ3) is 4.39. The van der Waals surface area contributed by atoms with Crippen molar-refractivity contribution in [3.63, 3.8) is 0 Å². The molecule has 118 valence electrons. The van der Waals surface area contributed by atoms with E-state index in [1.165, 1.54) is 0 Å². The molecule has 1 heterocycles. The van der Waals surface area contributed by atoms with Gasteiger partial charge in [-0.25, -0.2) is 9.97 Å². The topological polar surface area (TPSA) is 67.4 Å². The van der Waals surface area contributed by atoms with E-state index in [0.717, 1.165) is 0 Å². The molecule has 0 aliphatic carbocycles. The Hall–Kier alpha value is -1.69. The van der Waals surface area contributed by atoms with Crippen LogP contribution >= 0.6 is 0 Å². The van der Waals surface area contributed by atoms with E-state index in [4.69, 9.17) is 4.74 Å². The van der Waals surface area contributed by atoms with Gasteiger partial charge in [0.2, 0.25) is 0 Å². The van der Waals surface area contributed by atoms with Gasteiger partial charge in [-0.2, -0.15) is 0 Å². The number of hydrogen-bond acceptors (Lipinski definition) is 5. The molecule has 0 fully saturated rings. The maximum absolute atomic E-state index is 12.7. The summed E-state index contributed by atoms with van der Waals surface area (Å²) in [5.74, 6) is 0.724. The van der Waals surface area contributed by atoms with Gasteiger partial charge in [0.25, 0.3) is 5.91 Å². The second-order valence-electron chi connectivity index (χ2n) is 5.40. The average Bonchev–Trinajstić information content (AvgIpc) is 2.46. The maximum atomic E-state index is 12.7. The van der Waals surface area contributed by atoms with Gasteiger partial charge in [0, 0.05) is 26.6 Å². The average molecular weight is 294 g/mol. The fourth-order valence-corrected chi connectivity index (χ4v) is 1.88. The Morgan fingerprint density at radius 1 is 1.43 bits per heavy atom. The van der Waals surface area contributed by atoms with Crippen LogP contribution in [0.5, 0.6) is 0 Å². The standard InChI is InChI=1S/C15H26N4O2/c1-7-16-12-8-17-14(10(2)3)18-13(12)15(20)19(5)11(4)9-21-6/h8,10-11,16H,7,9H2,1-6H3. The van der Waals surface area contributed by atoms with Crippen molar-refractivity contribution < 1.29 is 9.53 Å². The molecule has 0 aliphatic heterocycles. The molecule has 21 heavy (non-hydrogen) atoms. The molecule has 1 N–H and O–H groups in total. The number of methoxy groups -OCH3 is 1. The molecule has 1 rings (SSSR count). The van der Waals surface area contributed by atoms with Crippen LogP contribution < -0.4 is 5.32 Å². The van der Waals surface area contributed by atoms with E-state index in [1.54, 1.807) is 25.3 Å². The largest absolute Gasteiger partial charge is 0.383 e. The normalized spacial score (nSPS) is 12.3. The molecule has 0 saturated heterocycles. The summed E-state index contributed by atoms with van der Waals surface area (Å²) in [5.41, 5.74) is 1.09. The number of nitrogens with zero attached hydrogens (tertiary/aromatic N) is 3. The summed E-state index contributed by atoms with van der Waals surface area (Å²) in [6.45, 7) is 9.13. The number of ether oxygens (including phenoxy) is 1. The molecule has 0 aliphatic rings. The van der Waals surface area contributed by atoms with Gasteiger partial charge in [-0.1, -0.05) is 13.8 Å². The molecule has 6 heteroatoms. The minimum absolute atomic E-state index is 0.0190. The molecule has 1 amide bonds. The van der Waals surface area contributed by atoms with Crippen LogP contribution in [-0.4, -0.2) is 54.1 Å². The van der Waals surface area contributed by atoms with Crippen molar-refractivity contribution in [3.8, 4) is 0 Å². The predicted octanol–water partition coefficient (Wildman–Crippen LogP) is 2.14. The first-order valence-electron chi connectivity index (χ1n) is 7.29. The van der Waals surface area contributed by atoms with Gasteiger partial charge in [0.05, 0.1) is 24.5 Å². The quantitative estimate of drug-likeness (QED) is 0.834. The summed E-state index contributed by atoms with van der Waals surface area (Å²) in [5, 5.41) is 3.15. The van der Waals surface area contributed by atoms with Crippen molar-refractivity contribution in [2.24, 2.45) is 0 Å². The summed E-state index contributed by atoms with van der Waals surface area (Å²) in [6.07, 6.45) is 1.69. The highest BCUT2D eigenvalue weighted by atomic mass is 16.5. The Balaban J connectivity index is 3.12. The Bertz CT molecular complexity index is 477. The van der Waals surface area contributed by atoms with Crippen LogP contribution in [0.25, 0.3) is 0 Å². The number of hydrogen-bond donors (Lipinski definition) is 1. The highest BCUT2D eigenvalue weighted by Crippen LogP contribution is 2.18. The van der Waals surface area contributed by atoms with Crippen molar-refractivity contribution in [1.29, 1.82) is 0 Å². The predicted molar refractivity (Wildman–Crippen MR) is 83.7 cm³/mol. The minimum atomic E-state index is -0.125. The van der Waals surface area contributed by atoms with Crippen LogP contribution in [-0.2, 0) is 4.74 Å². The van der Waals surface area contributed by atoms with Crippen molar-refractivity contribution in [2.75, 3.05) is 32.6 Å². The number of amides is 1. The van der Waals surface area contributed by atoms with Crippen LogP contribution in [0.1, 0.15) is 49.9 Å². The van der Waals surface area contributed by atoms with E-state index >= 15 is 0 Å². The Morgan fingerprint density at radius 3 is 2.62 bits per heavy atom. The molecular formula is C15H26N4O2. The van der Waals surface area contributed by atoms with Gasteiger partial charge in [-0.05, 0) is 13.8 Å². The second kappa shape index (κ2) is 7.93. The third-order valence-corrected chi connectivity index (χ3v) is 3.28. The lowest BCUT2D eigenvalue weighted by Gasteiger charge is -2.25. The number of rotatable bonds is 7. The van der Waals surface area contributed by atoms with Gasteiger partial charge < -0.3 is 15.0 Å². The molecule has 0 saturated carbocycles. The van der Waals surface area contributed by atoms with Crippen LogP contribution in [0.3, 0.4) is 0 Å². The molecule has 1 aromatic rings. The molecule has 0 aromatic carbocycles. The highest BCUT2D eigenvalue weighted by molar-refractivity contribution is 5.97. The molecule has 1 aromatic heterocycles. The van der Waals surface area contributed by atoms with Crippen LogP contribution in [0.2, 0.25) is 0 Å². The lowest BCUT2D eigenvalue weighted by atomic mass is 10.2. The number of anilines is 1. The van der Waals surface area contributed by atoms with Gasteiger partial charge in [0.15, 0.2) is 5.69 Å². The fraction of sp³-hybridized carbons (Fsp3) is 0.667. The number of nitrogens with one attached hydrogen (secondary N) is 1. The number of carbonyl (C=O) groups is 1. The molecule has 1 atom stereocenters. The van der Waals surface area contributed by atoms with E-state index in [-0.39, 0.29) is 17.9 Å². The highest BCUT2D eigenvalue weighted by Gasteiger charge is 2.23. The zero-order chi connectivity index (χ0) is 16.0. The molecular weight excluding hydrogens is 268 g/mol. The Labute approximate surface area is 126 Å². The lowest BCUT2D eigenvalue weighted by molar-refractivity contribution is 0.0628. The zero-order valence-corrected chi connectivity index (χ0v) is 13.8. The first-order valence-corrected chi connectivity index (χ1v) is 7.29. The van der Waals surface area contributed by atoms with E-state index < -0.39 is 0 Å². The minimum Gasteiger partial charge on any atom is -0.383 e. The van der Waals surface area contributed by atoms with Crippen molar-refractivity contribution >= 4 is 11.6 Å². The summed E-state index contributed by atoms with van der Waals surface area (Å²) >= 11 is 0. The molecule has 1 unspecified atom stereocenters. The molecule has 6 nitrogen and oxygen atoms in total. The van der Waals surface area contributed by atoms with Gasteiger partial charge in [0.1, 0.15) is 5.82 Å². The van der Waals surface area contributed by atoms with Gasteiger partial charge >= 0.3 is 0 Å². The van der Waals surface area contributed by atoms with Gasteiger partial charge in [-0.15, -0.1) is 0 Å². The summed E-state index contributed by atoms with van der Waals surface area (Å²) < 4.78 is 5.11. The summed E-state index contributed by atoms with van der Waals surface area (Å²) in [4.78, 5) is 23.1. The van der Waals surface area contributed by atoms with Gasteiger partial charge in [-0.3, -0.25) is 4.79 Å². The first kappa shape index (κ1) is 17.4. The molecule has 0 radical (unpaired) electrons. The van der Waals surface area contributed by atoms with Crippen LogP contribution in [0.4, 0.5) is 5.69 Å². The number of likely N-dealkylation sites (N-methyl/N-ethyl adjacent to an activating group) is 1. The van der Waals surface area contributed by atoms with Crippen LogP contribution in [0.15, 0.2) is 6.20 Å². The Morgan fingerprint density at radius 2 is 2.10 bits per heavy atom. The zero-order valence-electron chi connectivity index (χ0n) is 13.8. The first-order chi connectivity index (χ1) is 9.92. The molecule has 0 bridgehead atoms. The third-order valence-electron chi connectivity index (χ3n) is 3.28. The summed E-state index contributed by atoms with van der Waals surface area (Å²) in [7, 11) is 3.39. The van der Waals surface area contributed by atoms with E-state index in [2.05, 4.69) is 15.3 Å². The van der Waals surface area contributed by atoms with Crippen molar-refractivity contribution in [3.05, 3.63) is 17.7 Å². The number of aromatic nitrogens is 2. The van der Waals surface area contributed by atoms with E-state index in [9.17, 15) is 4.79 Å². The van der Waals surface area contributed by atoms with Crippen LogP contribution in [0, 0.1) is 0 Å². The second-order valence-corrected chi connectivity index (χ2v) is 5.40. The summed E-state index contributed by atoms with van der Waals surface area (Å²) in [6, 6.07) is -0.0190. The fourth-order valence-electron chi connectivity index (χ4n) is 1.88.